The molecule has 3 rings (SSSR count). The normalized spacial score (nSPS) is 13.6. The van der Waals surface area contributed by atoms with Crippen LogP contribution < -0.4 is 14.8 Å². The molecular weight excluding hydrogens is 370 g/mol. The van der Waals surface area contributed by atoms with Crippen LogP contribution in [0.25, 0.3) is 0 Å². The Hall–Kier alpha value is -1.56. The average Bonchev–Trinajstić information content (AvgIpc) is 2.81. The third-order valence-electron chi connectivity index (χ3n) is 3.82. The molecule has 0 aliphatic carbocycles. The Balaban J connectivity index is 1.61. The van der Waals surface area contributed by atoms with Gasteiger partial charge < -0.3 is 19.5 Å². The zero-order valence-electron chi connectivity index (χ0n) is 13.8. The van der Waals surface area contributed by atoms with Gasteiger partial charge in [0.05, 0.1) is 24.3 Å². The fourth-order valence-electron chi connectivity index (χ4n) is 2.73. The fraction of sp³-hybridized carbons (Fsp3) is 0.368. The molecule has 0 fully saturated rings. The molecule has 0 saturated heterocycles. The second kappa shape index (κ2) is 8.51. The summed E-state index contributed by atoms with van der Waals surface area (Å²) in [5.74, 6) is 1.63. The summed E-state index contributed by atoms with van der Waals surface area (Å²) in [5.41, 5.74) is 3.60. The number of halogens is 1. The molecule has 1 aliphatic heterocycles. The zero-order chi connectivity index (χ0) is 16.8. The molecule has 1 aliphatic rings. The Kier molecular flexibility index (Phi) is 6.12. The van der Waals surface area contributed by atoms with E-state index in [1.807, 2.05) is 0 Å². The van der Waals surface area contributed by atoms with Crippen molar-refractivity contribution in [2.24, 2.45) is 0 Å². The minimum Gasteiger partial charge on any atom is -0.490 e. The third-order valence-corrected chi connectivity index (χ3v) is 4.41. The number of ether oxygens (including phenoxy) is 3. The zero-order valence-corrected chi connectivity index (χ0v) is 15.4. The van der Waals surface area contributed by atoms with Crippen LogP contribution in [0.15, 0.2) is 40.9 Å². The molecule has 0 saturated carbocycles. The number of rotatable bonds is 6. The van der Waals surface area contributed by atoms with Crippen molar-refractivity contribution in [3.8, 4) is 11.5 Å². The molecule has 2 aromatic rings. The molecule has 0 atom stereocenters. The van der Waals surface area contributed by atoms with Crippen LogP contribution in [0, 0.1) is 0 Å². The third kappa shape index (κ3) is 4.50. The summed E-state index contributed by atoms with van der Waals surface area (Å²) in [6.07, 6.45) is 0.909. The molecule has 1 heterocycles. The molecule has 0 spiro atoms. The van der Waals surface area contributed by atoms with Gasteiger partial charge in [-0.25, -0.2) is 0 Å². The van der Waals surface area contributed by atoms with Gasteiger partial charge in [0.25, 0.3) is 0 Å². The second-order valence-electron chi connectivity index (χ2n) is 5.81. The van der Waals surface area contributed by atoms with Gasteiger partial charge in [-0.15, -0.1) is 0 Å². The molecule has 0 bridgehead atoms. The average molecular weight is 392 g/mol. The first-order valence-electron chi connectivity index (χ1n) is 8.12. The minimum atomic E-state index is 0.642. The lowest BCUT2D eigenvalue weighted by Gasteiger charge is -2.12. The van der Waals surface area contributed by atoms with E-state index in [2.05, 4.69) is 57.6 Å². The van der Waals surface area contributed by atoms with Crippen molar-refractivity contribution < 1.29 is 14.2 Å². The summed E-state index contributed by atoms with van der Waals surface area (Å²) in [5, 5.41) is 3.48. The summed E-state index contributed by atoms with van der Waals surface area (Å²) < 4.78 is 17.6. The lowest BCUT2D eigenvalue weighted by molar-refractivity contribution is 0.185. The number of methoxy groups -OCH3 is 1. The molecule has 2 aromatic carbocycles. The summed E-state index contributed by atoms with van der Waals surface area (Å²) in [6.45, 7) is 3.61. The topological polar surface area (TPSA) is 39.7 Å². The molecule has 0 aromatic heterocycles. The second-order valence-corrected chi connectivity index (χ2v) is 6.67. The SMILES string of the molecule is COCc1cccc(CNCc2cc(Br)c3c(c2)OCCCO3)c1. The van der Waals surface area contributed by atoms with Crippen molar-refractivity contribution in [1.29, 1.82) is 0 Å². The molecule has 0 amide bonds. The van der Waals surface area contributed by atoms with Crippen LogP contribution in [0.3, 0.4) is 0 Å². The maximum absolute atomic E-state index is 5.78. The first kappa shape index (κ1) is 17.3. The van der Waals surface area contributed by atoms with Crippen LogP contribution in [0.1, 0.15) is 23.1 Å². The van der Waals surface area contributed by atoms with Crippen LogP contribution >= 0.6 is 15.9 Å². The smallest absolute Gasteiger partial charge is 0.175 e. The quantitative estimate of drug-likeness (QED) is 0.806. The van der Waals surface area contributed by atoms with E-state index in [0.29, 0.717) is 19.8 Å². The van der Waals surface area contributed by atoms with Gasteiger partial charge >= 0.3 is 0 Å². The van der Waals surface area contributed by atoms with Gasteiger partial charge in [-0.05, 0) is 44.8 Å². The number of fused-ring (bicyclic) bond motifs is 1. The maximum Gasteiger partial charge on any atom is 0.175 e. The van der Waals surface area contributed by atoms with E-state index in [-0.39, 0.29) is 0 Å². The predicted molar refractivity (Wildman–Crippen MR) is 97.4 cm³/mol. The monoisotopic (exact) mass is 391 g/mol. The molecule has 5 heteroatoms. The highest BCUT2D eigenvalue weighted by atomic mass is 79.9. The van der Waals surface area contributed by atoms with Gasteiger partial charge in [-0.2, -0.15) is 0 Å². The lowest BCUT2D eigenvalue weighted by atomic mass is 10.1. The van der Waals surface area contributed by atoms with Crippen molar-refractivity contribution in [1.82, 2.24) is 5.32 Å². The van der Waals surface area contributed by atoms with E-state index in [9.17, 15) is 0 Å². The molecule has 4 nitrogen and oxygen atoms in total. The van der Waals surface area contributed by atoms with Crippen molar-refractivity contribution in [3.05, 3.63) is 57.6 Å². The highest BCUT2D eigenvalue weighted by molar-refractivity contribution is 9.10. The van der Waals surface area contributed by atoms with Crippen LogP contribution in [-0.4, -0.2) is 20.3 Å². The van der Waals surface area contributed by atoms with Crippen molar-refractivity contribution in [2.75, 3.05) is 20.3 Å². The van der Waals surface area contributed by atoms with E-state index in [1.165, 1.54) is 16.7 Å². The van der Waals surface area contributed by atoms with Crippen molar-refractivity contribution in [3.63, 3.8) is 0 Å². The molecule has 0 unspecified atom stereocenters. The molecule has 1 N–H and O–H groups in total. The van der Waals surface area contributed by atoms with Crippen molar-refractivity contribution >= 4 is 15.9 Å². The highest BCUT2D eigenvalue weighted by Gasteiger charge is 2.15. The van der Waals surface area contributed by atoms with E-state index in [4.69, 9.17) is 14.2 Å². The predicted octanol–water partition coefficient (Wildman–Crippen LogP) is 4.05. The summed E-state index contributed by atoms with van der Waals surface area (Å²) in [7, 11) is 1.72. The summed E-state index contributed by atoms with van der Waals surface area (Å²) >= 11 is 3.58. The molecule has 24 heavy (non-hydrogen) atoms. The van der Waals surface area contributed by atoms with E-state index in [0.717, 1.165) is 35.5 Å². The Morgan fingerprint density at radius 2 is 1.83 bits per heavy atom. The Morgan fingerprint density at radius 3 is 2.71 bits per heavy atom. The van der Waals surface area contributed by atoms with Crippen molar-refractivity contribution in [2.45, 2.75) is 26.1 Å². The van der Waals surface area contributed by atoms with E-state index in [1.54, 1.807) is 7.11 Å². The number of hydrogen-bond donors (Lipinski definition) is 1. The minimum absolute atomic E-state index is 0.642. The van der Waals surface area contributed by atoms with Gasteiger partial charge in [0, 0.05) is 26.6 Å². The van der Waals surface area contributed by atoms with Crippen LogP contribution in [0.5, 0.6) is 11.5 Å². The maximum atomic E-state index is 5.78. The fourth-order valence-corrected chi connectivity index (χ4v) is 3.34. The van der Waals surface area contributed by atoms with Crippen LogP contribution in [-0.2, 0) is 24.4 Å². The van der Waals surface area contributed by atoms with Gasteiger partial charge in [-0.3, -0.25) is 0 Å². The number of hydrogen-bond acceptors (Lipinski definition) is 4. The van der Waals surface area contributed by atoms with E-state index >= 15 is 0 Å². The molecular formula is C19H22BrNO3. The van der Waals surface area contributed by atoms with Gasteiger partial charge in [0.15, 0.2) is 11.5 Å². The van der Waals surface area contributed by atoms with Crippen LogP contribution in [0.2, 0.25) is 0 Å². The number of nitrogens with one attached hydrogen (secondary N) is 1. The lowest BCUT2D eigenvalue weighted by Crippen LogP contribution is -2.13. The first-order chi connectivity index (χ1) is 11.8. The van der Waals surface area contributed by atoms with Gasteiger partial charge in [-0.1, -0.05) is 24.3 Å². The Bertz CT molecular complexity index is 690. The largest absolute Gasteiger partial charge is 0.490 e. The highest BCUT2D eigenvalue weighted by Crippen LogP contribution is 2.38. The number of benzene rings is 2. The standard InChI is InChI=1S/C19H22BrNO3/c1-22-13-15-5-2-4-14(8-15)11-21-12-16-9-17(20)19-18(10-16)23-6-3-7-24-19/h2,4-5,8-10,21H,3,6-7,11-13H2,1H3. The Labute approximate surface area is 151 Å². The summed E-state index contributed by atoms with van der Waals surface area (Å²) in [4.78, 5) is 0. The summed E-state index contributed by atoms with van der Waals surface area (Å²) in [6, 6.07) is 12.6. The Morgan fingerprint density at radius 1 is 1.04 bits per heavy atom. The van der Waals surface area contributed by atoms with Gasteiger partial charge in [0.1, 0.15) is 0 Å². The molecule has 0 radical (unpaired) electrons. The van der Waals surface area contributed by atoms with Gasteiger partial charge in [0.2, 0.25) is 0 Å². The molecule has 128 valence electrons. The van der Waals surface area contributed by atoms with Crippen LogP contribution in [0.4, 0.5) is 0 Å². The van der Waals surface area contributed by atoms with E-state index < -0.39 is 0 Å². The first-order valence-corrected chi connectivity index (χ1v) is 8.91.